The molecule has 3 aromatic rings. The van der Waals surface area contributed by atoms with Crippen LogP contribution in [-0.2, 0) is 0 Å². The van der Waals surface area contributed by atoms with Crippen molar-refractivity contribution in [3.8, 4) is 23.1 Å². The minimum absolute atomic E-state index is 0.530. The van der Waals surface area contributed by atoms with E-state index >= 15 is 0 Å². The molecule has 0 atom stereocenters. The molecule has 1 heterocycles. The fourth-order valence-electron chi connectivity index (χ4n) is 2.03. The molecule has 5 heteroatoms. The number of nitriles is 1. The van der Waals surface area contributed by atoms with Gasteiger partial charge < -0.3 is 0 Å². The van der Waals surface area contributed by atoms with Crippen molar-refractivity contribution in [3.63, 3.8) is 0 Å². The zero-order valence-corrected chi connectivity index (χ0v) is 10.9. The van der Waals surface area contributed by atoms with Gasteiger partial charge in [0.1, 0.15) is 11.8 Å². The Bertz CT molecular complexity index is 784. The lowest BCUT2D eigenvalue weighted by Crippen LogP contribution is -2.04. The van der Waals surface area contributed by atoms with Crippen molar-refractivity contribution in [2.24, 2.45) is 0 Å². The fourth-order valence-corrected chi connectivity index (χ4v) is 2.03. The zero-order valence-electron chi connectivity index (χ0n) is 10.9. The van der Waals surface area contributed by atoms with Crippen LogP contribution >= 0.6 is 0 Å². The number of hydrogen-bond acceptors (Lipinski definition) is 4. The first kappa shape index (κ1) is 12.1. The minimum atomic E-state index is 0.530. The first-order chi connectivity index (χ1) is 9.79. The lowest BCUT2D eigenvalue weighted by atomic mass is 10.1. The van der Waals surface area contributed by atoms with Gasteiger partial charge in [-0.25, -0.2) is 0 Å². The molecule has 20 heavy (non-hydrogen) atoms. The second kappa shape index (κ2) is 4.94. The van der Waals surface area contributed by atoms with Crippen molar-refractivity contribution >= 4 is 0 Å². The summed E-state index contributed by atoms with van der Waals surface area (Å²) in [7, 11) is 0. The first-order valence-electron chi connectivity index (χ1n) is 6.15. The summed E-state index contributed by atoms with van der Waals surface area (Å²) >= 11 is 0. The molecule has 0 amide bonds. The average molecular weight is 261 g/mol. The van der Waals surface area contributed by atoms with Crippen LogP contribution in [0.3, 0.4) is 0 Å². The van der Waals surface area contributed by atoms with Crippen LogP contribution in [0.2, 0.25) is 0 Å². The van der Waals surface area contributed by atoms with Gasteiger partial charge in [-0.2, -0.15) is 5.26 Å². The summed E-state index contributed by atoms with van der Waals surface area (Å²) < 4.78 is 0. The number of aromatic nitrogens is 4. The Kier molecular flexibility index (Phi) is 2.98. The summed E-state index contributed by atoms with van der Waals surface area (Å²) in [6.07, 6.45) is 0. The highest BCUT2D eigenvalue weighted by Crippen LogP contribution is 2.19. The maximum Gasteiger partial charge on any atom is 0.205 e. The molecule has 0 bridgehead atoms. The van der Waals surface area contributed by atoms with Crippen molar-refractivity contribution in [1.29, 1.82) is 5.26 Å². The summed E-state index contributed by atoms with van der Waals surface area (Å²) in [5.74, 6) is 0.540. The van der Waals surface area contributed by atoms with Gasteiger partial charge in [0.25, 0.3) is 0 Å². The van der Waals surface area contributed by atoms with E-state index in [1.54, 1.807) is 6.07 Å². The van der Waals surface area contributed by atoms with E-state index in [1.807, 2.05) is 49.4 Å². The van der Waals surface area contributed by atoms with Crippen LogP contribution in [0.15, 0.2) is 48.5 Å². The SMILES string of the molecule is Cc1cccc(C#N)c1-n1nnc(-c2ccccc2)n1. The highest BCUT2D eigenvalue weighted by atomic mass is 15.6. The van der Waals surface area contributed by atoms with Gasteiger partial charge in [0, 0.05) is 5.56 Å². The molecule has 0 saturated carbocycles. The van der Waals surface area contributed by atoms with E-state index in [1.165, 1.54) is 4.80 Å². The second-order valence-electron chi connectivity index (χ2n) is 4.35. The highest BCUT2D eigenvalue weighted by Gasteiger charge is 2.12. The van der Waals surface area contributed by atoms with Crippen molar-refractivity contribution in [2.45, 2.75) is 6.92 Å². The lowest BCUT2D eigenvalue weighted by Gasteiger charge is -2.04. The summed E-state index contributed by atoms with van der Waals surface area (Å²) in [6, 6.07) is 17.3. The van der Waals surface area contributed by atoms with Crippen LogP contribution in [0.5, 0.6) is 0 Å². The molecule has 0 aliphatic heterocycles. The van der Waals surface area contributed by atoms with Crippen LogP contribution in [0.1, 0.15) is 11.1 Å². The number of aryl methyl sites for hydroxylation is 1. The number of tetrazole rings is 1. The number of hydrogen-bond donors (Lipinski definition) is 0. The summed E-state index contributed by atoms with van der Waals surface area (Å²) in [5, 5.41) is 21.7. The number of nitrogens with zero attached hydrogens (tertiary/aromatic N) is 5. The van der Waals surface area contributed by atoms with Gasteiger partial charge in [-0.05, 0) is 23.8 Å². The standard InChI is InChI=1S/C15H11N5/c1-11-6-5-9-13(10-16)14(11)20-18-15(17-19-20)12-7-3-2-4-8-12/h2-9H,1H3. The van der Waals surface area contributed by atoms with Gasteiger partial charge in [-0.1, -0.05) is 42.5 Å². The van der Waals surface area contributed by atoms with Gasteiger partial charge in [0.05, 0.1) is 5.56 Å². The molecule has 96 valence electrons. The summed E-state index contributed by atoms with van der Waals surface area (Å²) in [6.45, 7) is 1.92. The normalized spacial score (nSPS) is 10.2. The molecule has 5 nitrogen and oxygen atoms in total. The van der Waals surface area contributed by atoms with Crippen LogP contribution in [0.25, 0.3) is 17.1 Å². The van der Waals surface area contributed by atoms with Gasteiger partial charge >= 0.3 is 0 Å². The van der Waals surface area contributed by atoms with Gasteiger partial charge in [-0.15, -0.1) is 15.0 Å². The van der Waals surface area contributed by atoms with E-state index in [0.29, 0.717) is 17.1 Å². The molecule has 2 aromatic carbocycles. The van der Waals surface area contributed by atoms with E-state index in [2.05, 4.69) is 21.5 Å². The highest BCUT2D eigenvalue weighted by molar-refractivity contribution is 5.55. The van der Waals surface area contributed by atoms with Crippen molar-refractivity contribution in [1.82, 2.24) is 20.2 Å². The Morgan fingerprint density at radius 1 is 1.05 bits per heavy atom. The fraction of sp³-hybridized carbons (Fsp3) is 0.0667. The van der Waals surface area contributed by atoms with Crippen molar-refractivity contribution in [3.05, 3.63) is 59.7 Å². The predicted octanol–water partition coefficient (Wildman–Crippen LogP) is 2.51. The Hall–Kier alpha value is -3.00. The monoisotopic (exact) mass is 261 g/mol. The first-order valence-corrected chi connectivity index (χ1v) is 6.15. The minimum Gasteiger partial charge on any atom is -0.192 e. The zero-order chi connectivity index (χ0) is 13.9. The van der Waals surface area contributed by atoms with Crippen molar-refractivity contribution in [2.75, 3.05) is 0 Å². The van der Waals surface area contributed by atoms with Gasteiger partial charge in [0.2, 0.25) is 5.82 Å². The number of para-hydroxylation sites is 1. The summed E-state index contributed by atoms with van der Waals surface area (Å²) in [4.78, 5) is 1.41. The number of benzene rings is 2. The quantitative estimate of drug-likeness (QED) is 0.710. The molecular weight excluding hydrogens is 250 g/mol. The smallest absolute Gasteiger partial charge is 0.192 e. The molecular formula is C15H11N5. The largest absolute Gasteiger partial charge is 0.205 e. The van der Waals surface area contributed by atoms with Crippen LogP contribution in [0.4, 0.5) is 0 Å². The second-order valence-corrected chi connectivity index (χ2v) is 4.35. The van der Waals surface area contributed by atoms with Crippen LogP contribution in [0, 0.1) is 18.3 Å². The molecule has 0 aliphatic carbocycles. The Balaban J connectivity index is 2.10. The van der Waals surface area contributed by atoms with E-state index in [4.69, 9.17) is 0 Å². The Morgan fingerprint density at radius 2 is 1.85 bits per heavy atom. The Labute approximate surface area is 116 Å². The maximum absolute atomic E-state index is 9.19. The third-order valence-electron chi connectivity index (χ3n) is 3.00. The van der Waals surface area contributed by atoms with Crippen LogP contribution < -0.4 is 0 Å². The van der Waals surface area contributed by atoms with E-state index in [9.17, 15) is 5.26 Å². The molecule has 0 fully saturated rings. The molecule has 0 radical (unpaired) electrons. The molecule has 0 aliphatic rings. The molecule has 0 spiro atoms. The van der Waals surface area contributed by atoms with Gasteiger partial charge in [-0.3, -0.25) is 0 Å². The predicted molar refractivity (Wildman–Crippen MR) is 74.0 cm³/mol. The van der Waals surface area contributed by atoms with Crippen molar-refractivity contribution < 1.29 is 0 Å². The molecule has 1 aromatic heterocycles. The number of rotatable bonds is 2. The third kappa shape index (κ3) is 2.04. The molecule has 0 N–H and O–H groups in total. The topological polar surface area (TPSA) is 67.4 Å². The van der Waals surface area contributed by atoms with Crippen LogP contribution in [-0.4, -0.2) is 20.2 Å². The summed E-state index contributed by atoms with van der Waals surface area (Å²) in [5.41, 5.74) is 3.03. The maximum atomic E-state index is 9.19. The van der Waals surface area contributed by atoms with E-state index in [-0.39, 0.29) is 0 Å². The molecule has 3 rings (SSSR count). The van der Waals surface area contributed by atoms with E-state index in [0.717, 1.165) is 11.1 Å². The Morgan fingerprint density at radius 3 is 2.60 bits per heavy atom. The van der Waals surface area contributed by atoms with E-state index < -0.39 is 0 Å². The molecule has 0 unspecified atom stereocenters. The van der Waals surface area contributed by atoms with Gasteiger partial charge in [0.15, 0.2) is 0 Å². The third-order valence-corrected chi connectivity index (χ3v) is 3.00. The average Bonchev–Trinajstić information content (AvgIpc) is 2.97. The molecule has 0 saturated heterocycles. The lowest BCUT2D eigenvalue weighted by molar-refractivity contribution is 0.714.